The first kappa shape index (κ1) is 20.3. The van der Waals surface area contributed by atoms with Gasteiger partial charge in [0.1, 0.15) is 5.75 Å². The molecule has 0 unspecified atom stereocenters. The van der Waals surface area contributed by atoms with E-state index in [9.17, 15) is 9.59 Å². The van der Waals surface area contributed by atoms with Crippen molar-refractivity contribution in [3.8, 4) is 5.75 Å². The number of hydrogen-bond acceptors (Lipinski definition) is 3. The minimum atomic E-state index is -0.219. The highest BCUT2D eigenvalue weighted by atomic mass is 16.5. The largest absolute Gasteiger partial charge is 0.495 e. The van der Waals surface area contributed by atoms with Crippen molar-refractivity contribution >= 4 is 64.6 Å². The third-order valence-electron chi connectivity index (χ3n) is 6.93. The Hall–Kier alpha value is -5.12. The van der Waals surface area contributed by atoms with Crippen LogP contribution < -0.4 is 15.6 Å². The molecule has 0 heterocycles. The van der Waals surface area contributed by atoms with Crippen molar-refractivity contribution in [2.45, 2.75) is 0 Å². The molecule has 0 spiro atoms. The van der Waals surface area contributed by atoms with Crippen LogP contribution in [0.2, 0.25) is 0 Å². The van der Waals surface area contributed by atoms with E-state index in [0.29, 0.717) is 32.3 Å². The number of hydrogen-bond donors (Lipinski definition) is 0. The van der Waals surface area contributed by atoms with E-state index in [1.165, 1.54) is 0 Å². The Labute approximate surface area is 205 Å². The topological polar surface area (TPSA) is 43.4 Å². The first-order valence-electron chi connectivity index (χ1n) is 11.6. The van der Waals surface area contributed by atoms with E-state index >= 15 is 0 Å². The summed E-state index contributed by atoms with van der Waals surface area (Å²) in [6.07, 6.45) is 0. The average Bonchev–Trinajstić information content (AvgIpc) is 2.91. The summed E-state index contributed by atoms with van der Waals surface area (Å²) in [5, 5.41) is 7.89. The molecule has 0 saturated carbocycles. The lowest BCUT2D eigenvalue weighted by Gasteiger charge is -2.11. The zero-order chi connectivity index (χ0) is 24.4. The SMILES string of the molecule is COc1c2cccc3c#cc4cccc5c(=O)c6cccc(c#cc7cccc1c7cc32)c6c(=O)c45. The molecule has 0 radical (unpaired) electrons. The molecule has 0 fully saturated rings. The third-order valence-corrected chi connectivity index (χ3v) is 6.93. The van der Waals surface area contributed by atoms with Gasteiger partial charge in [0, 0.05) is 64.6 Å². The molecule has 0 aliphatic rings. The molecule has 166 valence electrons. The van der Waals surface area contributed by atoms with Gasteiger partial charge in [0.15, 0.2) is 10.9 Å². The highest BCUT2D eigenvalue weighted by molar-refractivity contribution is 6.15. The van der Waals surface area contributed by atoms with E-state index in [-0.39, 0.29) is 10.9 Å². The first-order valence-corrected chi connectivity index (χ1v) is 11.6. The van der Waals surface area contributed by atoms with Gasteiger partial charge in [0.25, 0.3) is 0 Å². The minimum Gasteiger partial charge on any atom is -0.495 e. The molecule has 36 heavy (non-hydrogen) atoms. The Morgan fingerprint density at radius 3 is 1.39 bits per heavy atom. The third kappa shape index (κ3) is 2.72. The molecule has 3 nitrogen and oxygen atoms in total. The van der Waals surface area contributed by atoms with Crippen LogP contribution in [0.4, 0.5) is 0 Å². The lowest BCUT2D eigenvalue weighted by molar-refractivity contribution is 0.424. The van der Waals surface area contributed by atoms with Crippen LogP contribution >= 0.6 is 0 Å². The summed E-state index contributed by atoms with van der Waals surface area (Å²) < 4.78 is 5.88. The smallest absolute Gasteiger partial charge is 0.197 e. The van der Waals surface area contributed by atoms with Crippen LogP contribution in [-0.2, 0) is 0 Å². The van der Waals surface area contributed by atoms with Gasteiger partial charge < -0.3 is 4.74 Å². The molecule has 0 aromatic heterocycles. The van der Waals surface area contributed by atoms with Gasteiger partial charge in [-0.25, -0.2) is 0 Å². The predicted octanol–water partition coefficient (Wildman–Crippen LogP) is 6.54. The van der Waals surface area contributed by atoms with Crippen LogP contribution in [0.15, 0.2) is 88.5 Å². The van der Waals surface area contributed by atoms with Gasteiger partial charge in [-0.05, 0) is 30.3 Å². The molecule has 0 aliphatic heterocycles. The standard InChI is InChI=1S/C33H16O3/c1-36-33-23-10-2-6-19-14-16-21-8-4-12-25-29(21)32(35)30-22(9-5-13-26(30)31(25)34)17-15-20-7-3-11-24(33)28(20)18-27(19)23/h2-13,18H,1H3. The summed E-state index contributed by atoms with van der Waals surface area (Å²) in [5.41, 5.74) is -0.402. The molecule has 3 heteroatoms. The number of methoxy groups -OCH3 is 1. The Morgan fingerprint density at radius 1 is 0.500 bits per heavy atom. The van der Waals surface area contributed by atoms with E-state index in [1.807, 2.05) is 36.4 Å². The fourth-order valence-corrected chi connectivity index (χ4v) is 5.28. The molecule has 0 saturated heterocycles. The van der Waals surface area contributed by atoms with Gasteiger partial charge in [-0.15, -0.1) is 0 Å². The summed E-state index contributed by atoms with van der Waals surface area (Å²) >= 11 is 0. The van der Waals surface area contributed by atoms with Crippen LogP contribution in [0.25, 0.3) is 64.6 Å². The molecule has 4 bridgehead atoms. The lowest BCUT2D eigenvalue weighted by Crippen LogP contribution is -2.13. The Kier molecular flexibility index (Phi) is 4.19. The van der Waals surface area contributed by atoms with E-state index in [0.717, 1.165) is 38.1 Å². The van der Waals surface area contributed by atoms with Crippen LogP contribution in [0, 0.1) is 24.3 Å². The summed E-state index contributed by atoms with van der Waals surface area (Å²) in [5.74, 6) is 0.772. The second kappa shape index (κ2) is 7.44. The lowest BCUT2D eigenvalue weighted by atomic mass is 9.97. The molecule has 7 aromatic rings. The maximum atomic E-state index is 13.8. The van der Waals surface area contributed by atoms with Crippen molar-refractivity contribution in [3.63, 3.8) is 0 Å². The maximum absolute atomic E-state index is 13.8. The van der Waals surface area contributed by atoms with Gasteiger partial charge in [-0.3, -0.25) is 9.59 Å². The quantitative estimate of drug-likeness (QED) is 0.262. The highest BCUT2D eigenvalue weighted by Gasteiger charge is 2.14. The Morgan fingerprint density at radius 2 is 0.917 bits per heavy atom. The van der Waals surface area contributed by atoms with E-state index < -0.39 is 0 Å². The van der Waals surface area contributed by atoms with Crippen LogP contribution in [-0.4, -0.2) is 7.11 Å². The van der Waals surface area contributed by atoms with Crippen molar-refractivity contribution in [3.05, 3.63) is 124 Å². The number of benzene rings is 6. The molecule has 7 aromatic carbocycles. The first-order chi connectivity index (χ1) is 17.7. The second-order valence-corrected chi connectivity index (χ2v) is 8.83. The summed E-state index contributed by atoms with van der Waals surface area (Å²) in [7, 11) is 1.67. The molecular weight excluding hydrogens is 444 g/mol. The van der Waals surface area contributed by atoms with Crippen LogP contribution in [0.1, 0.15) is 0 Å². The fraction of sp³-hybridized carbons (Fsp3) is 0.0303. The molecule has 7 rings (SSSR count). The fourth-order valence-electron chi connectivity index (χ4n) is 5.28. The zero-order valence-corrected chi connectivity index (χ0v) is 19.2. The molecular formula is C33H16O3. The maximum Gasteiger partial charge on any atom is 0.197 e. The van der Waals surface area contributed by atoms with Gasteiger partial charge in [-0.2, -0.15) is 0 Å². The predicted molar refractivity (Wildman–Crippen MR) is 146 cm³/mol. The summed E-state index contributed by atoms with van der Waals surface area (Å²) in [4.78, 5) is 27.2. The minimum absolute atomic E-state index is 0.182. The van der Waals surface area contributed by atoms with Crippen molar-refractivity contribution < 1.29 is 4.74 Å². The summed E-state index contributed by atoms with van der Waals surface area (Å²) in [6, 6.07) is 37.4. The number of rotatable bonds is 1. The van der Waals surface area contributed by atoms with Gasteiger partial charge >= 0.3 is 0 Å². The van der Waals surface area contributed by atoms with Crippen LogP contribution in [0.3, 0.4) is 0 Å². The van der Waals surface area contributed by atoms with Crippen molar-refractivity contribution in [2.75, 3.05) is 7.11 Å². The Bertz CT molecular complexity index is 2030. The van der Waals surface area contributed by atoms with E-state index in [1.54, 1.807) is 43.5 Å². The average molecular weight is 460 g/mol. The monoisotopic (exact) mass is 460 g/mol. The Balaban J connectivity index is 1.84. The number of ether oxygens (including phenoxy) is 1. The summed E-state index contributed by atoms with van der Waals surface area (Å²) in [6.45, 7) is 0. The normalized spacial score (nSPS) is 11.2. The molecule has 0 aliphatic carbocycles. The van der Waals surface area contributed by atoms with Gasteiger partial charge in [-0.1, -0.05) is 72.8 Å². The van der Waals surface area contributed by atoms with Crippen molar-refractivity contribution in [1.29, 1.82) is 0 Å². The second-order valence-electron chi connectivity index (χ2n) is 8.83. The molecule has 0 atom stereocenters. The zero-order valence-electron chi connectivity index (χ0n) is 19.2. The van der Waals surface area contributed by atoms with Gasteiger partial charge in [0.05, 0.1) is 7.11 Å². The van der Waals surface area contributed by atoms with E-state index in [4.69, 9.17) is 4.74 Å². The van der Waals surface area contributed by atoms with Crippen molar-refractivity contribution in [1.82, 2.24) is 0 Å². The molecule has 0 N–H and O–H groups in total. The van der Waals surface area contributed by atoms with E-state index in [2.05, 4.69) is 30.3 Å². The van der Waals surface area contributed by atoms with Crippen LogP contribution in [0.5, 0.6) is 5.75 Å². The highest BCUT2D eigenvalue weighted by Crippen LogP contribution is 2.37. The molecule has 0 amide bonds. The van der Waals surface area contributed by atoms with Gasteiger partial charge in [0.2, 0.25) is 0 Å². The van der Waals surface area contributed by atoms with Crippen molar-refractivity contribution in [2.24, 2.45) is 0 Å².